The first-order valence-electron chi connectivity index (χ1n) is 10.8. The van der Waals surface area contributed by atoms with E-state index in [0.717, 1.165) is 5.56 Å². The van der Waals surface area contributed by atoms with E-state index in [1.54, 1.807) is 48.5 Å². The molecule has 4 aromatic carbocycles. The van der Waals surface area contributed by atoms with E-state index in [9.17, 15) is 30.6 Å². The van der Waals surface area contributed by atoms with E-state index in [4.69, 9.17) is 4.74 Å². The predicted octanol–water partition coefficient (Wildman–Crippen LogP) is 5.36. The number of ether oxygens (including phenoxy) is 1. The smallest absolute Gasteiger partial charge is 0.157 e. The SMILES string of the molecule is Oc1ccc(C=Cc2cc(O)c3c(c2)OC(c2ccc(O)c(O)c2)C3c2cc(O)cc(O)c2)cc1. The maximum absolute atomic E-state index is 11.0. The van der Waals surface area contributed by atoms with Crippen molar-refractivity contribution in [2.24, 2.45) is 0 Å². The van der Waals surface area contributed by atoms with Gasteiger partial charge in [-0.3, -0.25) is 0 Å². The number of fused-ring (bicyclic) bond motifs is 1. The van der Waals surface area contributed by atoms with Crippen molar-refractivity contribution in [3.05, 3.63) is 101 Å². The largest absolute Gasteiger partial charge is 0.508 e. The predicted molar refractivity (Wildman–Crippen MR) is 130 cm³/mol. The summed E-state index contributed by atoms with van der Waals surface area (Å²) in [6.45, 7) is 0. The van der Waals surface area contributed by atoms with Gasteiger partial charge in [0.05, 0.1) is 5.92 Å². The fourth-order valence-electron chi connectivity index (χ4n) is 4.39. The van der Waals surface area contributed by atoms with Crippen LogP contribution in [0.1, 0.15) is 39.8 Å². The summed E-state index contributed by atoms with van der Waals surface area (Å²) >= 11 is 0. The van der Waals surface area contributed by atoms with Gasteiger partial charge in [0.25, 0.3) is 0 Å². The van der Waals surface area contributed by atoms with E-state index < -0.39 is 12.0 Å². The molecule has 1 heterocycles. The second kappa shape index (κ2) is 8.53. The Morgan fingerprint density at radius 2 is 1.23 bits per heavy atom. The van der Waals surface area contributed by atoms with Crippen molar-refractivity contribution in [1.82, 2.24) is 0 Å². The highest BCUT2D eigenvalue weighted by Gasteiger charge is 2.40. The summed E-state index contributed by atoms with van der Waals surface area (Å²) < 4.78 is 6.24. The molecule has 0 spiro atoms. The zero-order chi connectivity index (χ0) is 24.7. The lowest BCUT2D eigenvalue weighted by Crippen LogP contribution is -2.11. The van der Waals surface area contributed by atoms with E-state index in [1.807, 2.05) is 6.08 Å². The minimum absolute atomic E-state index is 0.0359. The lowest BCUT2D eigenvalue weighted by molar-refractivity contribution is 0.221. The molecule has 5 rings (SSSR count). The van der Waals surface area contributed by atoms with Crippen LogP contribution in [-0.2, 0) is 0 Å². The second-order valence-corrected chi connectivity index (χ2v) is 8.42. The van der Waals surface area contributed by atoms with Crippen LogP contribution in [0, 0.1) is 0 Å². The molecule has 1 aliphatic heterocycles. The number of phenols is 6. The summed E-state index contributed by atoms with van der Waals surface area (Å²) in [6.07, 6.45) is 2.90. The van der Waals surface area contributed by atoms with Gasteiger partial charge in [0.1, 0.15) is 34.9 Å². The van der Waals surface area contributed by atoms with Crippen LogP contribution in [-0.4, -0.2) is 30.6 Å². The summed E-state index contributed by atoms with van der Waals surface area (Å²) in [6, 6.07) is 18.5. The maximum atomic E-state index is 11.0. The van der Waals surface area contributed by atoms with Gasteiger partial charge in [-0.15, -0.1) is 0 Å². The molecule has 0 saturated carbocycles. The molecule has 7 nitrogen and oxygen atoms in total. The number of aromatic hydroxyl groups is 6. The zero-order valence-electron chi connectivity index (χ0n) is 18.3. The number of rotatable bonds is 4. The minimum Gasteiger partial charge on any atom is -0.508 e. The lowest BCUT2D eigenvalue weighted by Gasteiger charge is -2.21. The first-order valence-corrected chi connectivity index (χ1v) is 10.8. The molecule has 0 aromatic heterocycles. The Morgan fingerprint density at radius 3 is 1.91 bits per heavy atom. The van der Waals surface area contributed by atoms with Gasteiger partial charge in [0.2, 0.25) is 0 Å². The highest BCUT2D eigenvalue weighted by atomic mass is 16.5. The fourth-order valence-corrected chi connectivity index (χ4v) is 4.39. The summed E-state index contributed by atoms with van der Waals surface area (Å²) in [5, 5.41) is 60.4. The first-order chi connectivity index (χ1) is 16.8. The highest BCUT2D eigenvalue weighted by Crippen LogP contribution is 2.54. The normalized spacial score (nSPS) is 16.8. The molecular formula is C28H22O7. The Labute approximate surface area is 200 Å². The third-order valence-corrected chi connectivity index (χ3v) is 5.98. The monoisotopic (exact) mass is 470 g/mol. The second-order valence-electron chi connectivity index (χ2n) is 8.42. The molecule has 176 valence electrons. The number of hydrogen-bond acceptors (Lipinski definition) is 7. The maximum Gasteiger partial charge on any atom is 0.157 e. The first kappa shape index (κ1) is 22.0. The molecule has 0 radical (unpaired) electrons. The van der Waals surface area contributed by atoms with Gasteiger partial charge in [-0.25, -0.2) is 0 Å². The third kappa shape index (κ3) is 4.27. The number of hydrogen-bond donors (Lipinski definition) is 6. The average molecular weight is 470 g/mol. The Hall–Kier alpha value is -4.78. The van der Waals surface area contributed by atoms with Crippen molar-refractivity contribution in [3.63, 3.8) is 0 Å². The highest BCUT2D eigenvalue weighted by molar-refractivity contribution is 5.73. The van der Waals surface area contributed by atoms with Crippen LogP contribution in [0.2, 0.25) is 0 Å². The van der Waals surface area contributed by atoms with Crippen molar-refractivity contribution in [1.29, 1.82) is 0 Å². The molecule has 4 aromatic rings. The summed E-state index contributed by atoms with van der Waals surface area (Å²) in [4.78, 5) is 0. The molecule has 0 amide bonds. The van der Waals surface area contributed by atoms with Gasteiger partial charge in [-0.1, -0.05) is 30.4 Å². The van der Waals surface area contributed by atoms with Crippen molar-refractivity contribution in [3.8, 4) is 40.2 Å². The molecular weight excluding hydrogens is 448 g/mol. The lowest BCUT2D eigenvalue weighted by atomic mass is 9.84. The zero-order valence-corrected chi connectivity index (χ0v) is 18.3. The van der Waals surface area contributed by atoms with Crippen LogP contribution in [0.5, 0.6) is 40.2 Å². The van der Waals surface area contributed by atoms with Gasteiger partial charge in [-0.05, 0) is 70.8 Å². The van der Waals surface area contributed by atoms with Crippen LogP contribution in [0.3, 0.4) is 0 Å². The number of benzene rings is 4. The van der Waals surface area contributed by atoms with Crippen molar-refractivity contribution in [2.45, 2.75) is 12.0 Å². The van der Waals surface area contributed by atoms with Crippen LogP contribution >= 0.6 is 0 Å². The van der Waals surface area contributed by atoms with Gasteiger partial charge < -0.3 is 35.4 Å². The molecule has 0 aliphatic carbocycles. The summed E-state index contributed by atoms with van der Waals surface area (Å²) in [5.41, 5.74) is 3.02. The molecule has 7 heteroatoms. The Bertz CT molecular complexity index is 1420. The quantitative estimate of drug-likeness (QED) is 0.175. The molecule has 2 unspecified atom stereocenters. The average Bonchev–Trinajstić information content (AvgIpc) is 3.20. The van der Waals surface area contributed by atoms with Gasteiger partial charge in [0, 0.05) is 11.6 Å². The third-order valence-electron chi connectivity index (χ3n) is 5.98. The molecule has 35 heavy (non-hydrogen) atoms. The molecule has 0 fully saturated rings. The Morgan fingerprint density at radius 1 is 0.543 bits per heavy atom. The van der Waals surface area contributed by atoms with Gasteiger partial charge >= 0.3 is 0 Å². The number of phenolic OH excluding ortho intramolecular Hbond substituents is 6. The standard InChI is InChI=1S/C28H22O7/c29-19-6-3-15(4-7-19)1-2-16-9-24(34)27-25(10-16)35-28(17-5-8-22(32)23(33)13-17)26(27)18-11-20(30)14-21(31)12-18/h1-14,26,28-34H. The van der Waals surface area contributed by atoms with Crippen molar-refractivity contribution >= 4 is 12.2 Å². The Kier molecular flexibility index (Phi) is 5.37. The van der Waals surface area contributed by atoms with Crippen LogP contribution in [0.4, 0.5) is 0 Å². The topological polar surface area (TPSA) is 131 Å². The molecule has 6 N–H and O–H groups in total. The van der Waals surface area contributed by atoms with Gasteiger partial charge in [0.15, 0.2) is 11.5 Å². The van der Waals surface area contributed by atoms with E-state index in [-0.39, 0.29) is 34.5 Å². The van der Waals surface area contributed by atoms with E-state index in [1.165, 1.54) is 30.3 Å². The van der Waals surface area contributed by atoms with Crippen LogP contribution in [0.25, 0.3) is 12.2 Å². The van der Waals surface area contributed by atoms with E-state index >= 15 is 0 Å². The van der Waals surface area contributed by atoms with Crippen LogP contribution < -0.4 is 4.74 Å². The summed E-state index contributed by atoms with van der Waals surface area (Å²) in [5.74, 6) is -0.973. The van der Waals surface area contributed by atoms with Crippen molar-refractivity contribution < 1.29 is 35.4 Å². The van der Waals surface area contributed by atoms with E-state index in [2.05, 4.69) is 0 Å². The van der Waals surface area contributed by atoms with Crippen molar-refractivity contribution in [2.75, 3.05) is 0 Å². The Balaban J connectivity index is 1.60. The minimum atomic E-state index is -0.722. The summed E-state index contributed by atoms with van der Waals surface area (Å²) in [7, 11) is 0. The fraction of sp³-hybridized carbons (Fsp3) is 0.0714. The van der Waals surface area contributed by atoms with Crippen LogP contribution in [0.15, 0.2) is 72.8 Å². The van der Waals surface area contributed by atoms with Gasteiger partial charge in [-0.2, -0.15) is 0 Å². The molecule has 2 atom stereocenters. The van der Waals surface area contributed by atoms with E-state index in [0.29, 0.717) is 28.0 Å². The molecule has 0 bridgehead atoms. The molecule has 0 saturated heterocycles. The molecule has 1 aliphatic rings.